The number of benzene rings is 1. The molecule has 1 unspecified atom stereocenters. The largest absolute Gasteiger partial charge is 0.490 e. The molecule has 148 valence electrons. The minimum Gasteiger partial charge on any atom is -0.490 e. The Morgan fingerprint density at radius 2 is 2.07 bits per heavy atom. The summed E-state index contributed by atoms with van der Waals surface area (Å²) in [6.07, 6.45) is 5.75. The molecule has 2 fully saturated rings. The highest BCUT2D eigenvalue weighted by Crippen LogP contribution is 2.27. The van der Waals surface area contributed by atoms with Crippen molar-refractivity contribution in [3.8, 4) is 5.75 Å². The van der Waals surface area contributed by atoms with Crippen LogP contribution in [-0.2, 0) is 16.1 Å². The van der Waals surface area contributed by atoms with Crippen LogP contribution < -0.4 is 10.1 Å². The highest BCUT2D eigenvalue weighted by atomic mass is 16.5. The molecule has 1 N–H and O–H groups in total. The van der Waals surface area contributed by atoms with E-state index in [9.17, 15) is 4.79 Å². The van der Waals surface area contributed by atoms with Crippen molar-refractivity contribution in [1.82, 2.24) is 10.2 Å². The number of aliphatic imine (C=N–C) groups is 1. The summed E-state index contributed by atoms with van der Waals surface area (Å²) in [5.74, 6) is 1.60. The number of ether oxygens (including phenoxy) is 2. The molecule has 0 aromatic heterocycles. The van der Waals surface area contributed by atoms with Crippen LogP contribution in [0.2, 0.25) is 0 Å². The molecule has 0 spiro atoms. The molecule has 3 rings (SSSR count). The van der Waals surface area contributed by atoms with Gasteiger partial charge in [0.2, 0.25) is 0 Å². The number of guanidine groups is 1. The third-order valence-electron chi connectivity index (χ3n) is 5.31. The molecule has 0 bridgehead atoms. The summed E-state index contributed by atoms with van der Waals surface area (Å²) in [6, 6.07) is 8.17. The van der Waals surface area contributed by atoms with E-state index in [0.717, 1.165) is 49.5 Å². The number of hydrogen-bond acceptors (Lipinski definition) is 4. The van der Waals surface area contributed by atoms with E-state index in [2.05, 4.69) is 21.3 Å². The maximum absolute atomic E-state index is 12.1. The van der Waals surface area contributed by atoms with Crippen molar-refractivity contribution >= 4 is 11.9 Å². The third-order valence-corrected chi connectivity index (χ3v) is 5.31. The Kier molecular flexibility index (Phi) is 6.96. The quantitative estimate of drug-likeness (QED) is 0.472. The van der Waals surface area contributed by atoms with Crippen molar-refractivity contribution in [1.29, 1.82) is 0 Å². The third kappa shape index (κ3) is 5.15. The topological polar surface area (TPSA) is 63.2 Å². The molecule has 0 radical (unpaired) electrons. The van der Waals surface area contributed by atoms with Gasteiger partial charge in [0.05, 0.1) is 18.6 Å². The predicted molar refractivity (Wildman–Crippen MR) is 106 cm³/mol. The molecule has 6 heteroatoms. The molecule has 6 nitrogen and oxygen atoms in total. The van der Waals surface area contributed by atoms with Crippen molar-refractivity contribution in [2.45, 2.75) is 51.7 Å². The number of esters is 1. The van der Waals surface area contributed by atoms with Crippen LogP contribution in [0.4, 0.5) is 0 Å². The van der Waals surface area contributed by atoms with Gasteiger partial charge in [-0.2, -0.15) is 0 Å². The van der Waals surface area contributed by atoms with E-state index in [1.807, 2.05) is 25.1 Å². The fourth-order valence-corrected chi connectivity index (χ4v) is 3.56. The van der Waals surface area contributed by atoms with Crippen LogP contribution in [0, 0.1) is 5.92 Å². The monoisotopic (exact) mass is 373 g/mol. The van der Waals surface area contributed by atoms with Gasteiger partial charge in [0.15, 0.2) is 5.96 Å². The fraction of sp³-hybridized carbons (Fsp3) is 0.619. The molecule has 1 atom stereocenters. The van der Waals surface area contributed by atoms with Crippen molar-refractivity contribution in [2.75, 3.05) is 26.7 Å². The Bertz CT molecular complexity index is 658. The van der Waals surface area contributed by atoms with E-state index >= 15 is 0 Å². The van der Waals surface area contributed by atoms with Crippen LogP contribution in [0.5, 0.6) is 5.75 Å². The number of piperidine rings is 1. The first-order valence-electron chi connectivity index (χ1n) is 10.1. The summed E-state index contributed by atoms with van der Waals surface area (Å²) in [7, 11) is 1.78. The first-order chi connectivity index (χ1) is 13.2. The molecule has 27 heavy (non-hydrogen) atoms. The van der Waals surface area contributed by atoms with Crippen LogP contribution in [0.15, 0.2) is 29.3 Å². The van der Waals surface area contributed by atoms with E-state index in [4.69, 9.17) is 9.47 Å². The average molecular weight is 373 g/mol. The summed E-state index contributed by atoms with van der Waals surface area (Å²) in [4.78, 5) is 18.7. The molecule has 1 aromatic rings. The fourth-order valence-electron chi connectivity index (χ4n) is 3.56. The van der Waals surface area contributed by atoms with Gasteiger partial charge in [-0.05, 0) is 45.1 Å². The number of nitrogens with zero attached hydrogens (tertiary/aromatic N) is 2. The molecule has 1 aromatic carbocycles. The lowest BCUT2D eigenvalue weighted by molar-refractivity contribution is -0.149. The first kappa shape index (κ1) is 19.5. The van der Waals surface area contributed by atoms with Crippen LogP contribution in [0.1, 0.15) is 44.6 Å². The summed E-state index contributed by atoms with van der Waals surface area (Å²) >= 11 is 0. The molecule has 1 aliphatic heterocycles. The standard InChI is InChI=1S/C21H31N3O3/c1-3-26-20(25)17-9-7-13-24(15-17)21(22-2)23-14-16-8-4-5-12-19(16)27-18-10-6-11-18/h4-5,8,12,17-18H,3,6-7,9-11,13-15H2,1-2H3,(H,22,23). The zero-order valence-electron chi connectivity index (χ0n) is 16.4. The number of rotatable bonds is 6. The van der Waals surface area contributed by atoms with Crippen molar-refractivity contribution in [3.05, 3.63) is 29.8 Å². The number of nitrogens with one attached hydrogen (secondary N) is 1. The van der Waals surface area contributed by atoms with Gasteiger partial charge < -0.3 is 19.7 Å². The maximum Gasteiger partial charge on any atom is 0.310 e. The second-order valence-corrected chi connectivity index (χ2v) is 7.22. The number of carbonyl (C=O) groups excluding carboxylic acids is 1. The van der Waals surface area contributed by atoms with E-state index in [0.29, 0.717) is 25.8 Å². The molecular formula is C21H31N3O3. The lowest BCUT2D eigenvalue weighted by Gasteiger charge is -2.34. The smallest absolute Gasteiger partial charge is 0.310 e. The minimum atomic E-state index is -0.100. The Labute approximate surface area is 161 Å². The molecule has 1 heterocycles. The van der Waals surface area contributed by atoms with Crippen molar-refractivity contribution in [2.24, 2.45) is 10.9 Å². The Morgan fingerprint density at radius 1 is 1.26 bits per heavy atom. The molecular weight excluding hydrogens is 342 g/mol. The van der Waals surface area contributed by atoms with Crippen LogP contribution in [-0.4, -0.2) is 49.7 Å². The van der Waals surface area contributed by atoms with Crippen LogP contribution in [0.25, 0.3) is 0 Å². The second kappa shape index (κ2) is 9.62. The van der Waals surface area contributed by atoms with Gasteiger partial charge >= 0.3 is 5.97 Å². The Morgan fingerprint density at radius 3 is 2.78 bits per heavy atom. The van der Waals surface area contributed by atoms with E-state index in [1.165, 1.54) is 6.42 Å². The molecule has 2 aliphatic rings. The van der Waals surface area contributed by atoms with Crippen molar-refractivity contribution < 1.29 is 14.3 Å². The average Bonchev–Trinajstić information content (AvgIpc) is 2.66. The highest BCUT2D eigenvalue weighted by Gasteiger charge is 2.28. The highest BCUT2D eigenvalue weighted by molar-refractivity contribution is 5.81. The molecule has 1 saturated carbocycles. The number of para-hydroxylation sites is 1. The summed E-state index contributed by atoms with van der Waals surface area (Å²) in [5.41, 5.74) is 1.13. The zero-order valence-corrected chi connectivity index (χ0v) is 16.4. The maximum atomic E-state index is 12.1. The van der Waals surface area contributed by atoms with E-state index in [1.54, 1.807) is 7.05 Å². The molecule has 1 aliphatic carbocycles. The Hall–Kier alpha value is -2.24. The van der Waals surface area contributed by atoms with Gasteiger partial charge in [0.1, 0.15) is 5.75 Å². The molecule has 0 amide bonds. The lowest BCUT2D eigenvalue weighted by atomic mass is 9.96. The van der Waals surface area contributed by atoms with E-state index in [-0.39, 0.29) is 11.9 Å². The van der Waals surface area contributed by atoms with Gasteiger partial charge in [-0.1, -0.05) is 18.2 Å². The second-order valence-electron chi connectivity index (χ2n) is 7.22. The SMILES string of the molecule is CCOC(=O)C1CCCN(C(=NC)NCc2ccccc2OC2CCC2)C1. The van der Waals surface area contributed by atoms with Gasteiger partial charge in [-0.3, -0.25) is 9.79 Å². The molecule has 1 saturated heterocycles. The van der Waals surface area contributed by atoms with E-state index < -0.39 is 0 Å². The van der Waals surface area contributed by atoms with Crippen molar-refractivity contribution in [3.63, 3.8) is 0 Å². The first-order valence-corrected chi connectivity index (χ1v) is 10.1. The van der Waals surface area contributed by atoms with Gasteiger partial charge in [0.25, 0.3) is 0 Å². The minimum absolute atomic E-state index is 0.0773. The normalized spacial score (nSPS) is 20.7. The number of likely N-dealkylation sites (tertiary alicyclic amines) is 1. The Balaban J connectivity index is 1.58. The predicted octanol–water partition coefficient (Wildman–Crippen LogP) is 2.97. The van der Waals surface area contributed by atoms with Gasteiger partial charge in [-0.15, -0.1) is 0 Å². The lowest BCUT2D eigenvalue weighted by Crippen LogP contribution is -2.48. The van der Waals surface area contributed by atoms with Crippen LogP contribution in [0.3, 0.4) is 0 Å². The summed E-state index contributed by atoms with van der Waals surface area (Å²) < 4.78 is 11.3. The zero-order chi connectivity index (χ0) is 19.1. The number of carbonyl (C=O) groups is 1. The summed E-state index contributed by atoms with van der Waals surface area (Å²) in [6.45, 7) is 4.48. The van der Waals surface area contributed by atoms with Crippen LogP contribution >= 0.6 is 0 Å². The summed E-state index contributed by atoms with van der Waals surface area (Å²) in [5, 5.41) is 3.44. The van der Waals surface area contributed by atoms with Gasteiger partial charge in [0, 0.05) is 32.2 Å². The van der Waals surface area contributed by atoms with Gasteiger partial charge in [-0.25, -0.2) is 0 Å². The number of hydrogen-bond donors (Lipinski definition) is 1.